The lowest BCUT2D eigenvalue weighted by molar-refractivity contribution is 0.0594. The molecule has 2 aromatic heterocycles. The van der Waals surface area contributed by atoms with Crippen LogP contribution in [0.5, 0.6) is 5.75 Å². The minimum Gasteiger partial charge on any atom is -0.484 e. The van der Waals surface area contributed by atoms with Crippen molar-refractivity contribution < 1.29 is 13.9 Å². The van der Waals surface area contributed by atoms with Crippen molar-refractivity contribution in [3.05, 3.63) is 83.6 Å². The summed E-state index contributed by atoms with van der Waals surface area (Å²) in [7, 11) is 0. The third kappa shape index (κ3) is 4.67. The highest BCUT2D eigenvalue weighted by Crippen LogP contribution is 2.20. The number of carbonyl (C=O) groups is 1. The molecule has 1 amide bonds. The maximum absolute atomic E-state index is 12.8. The summed E-state index contributed by atoms with van der Waals surface area (Å²) in [5.41, 5.74) is 1.63. The number of nitriles is 1. The number of rotatable bonds is 6. The second kappa shape index (κ2) is 9.25. The lowest BCUT2D eigenvalue weighted by atomic mass is 10.2. The number of carbonyl (C=O) groups excluding carboxylic acids is 1. The molecule has 3 heterocycles. The number of piperazine rings is 1. The molecule has 3 aromatic rings. The van der Waals surface area contributed by atoms with Crippen molar-refractivity contribution in [3.63, 3.8) is 0 Å². The molecule has 1 aliphatic heterocycles. The second-order valence-electron chi connectivity index (χ2n) is 7.09. The zero-order valence-corrected chi connectivity index (χ0v) is 16.5. The molecule has 1 aromatic carbocycles. The van der Waals surface area contributed by atoms with E-state index in [2.05, 4.69) is 22.0 Å². The van der Waals surface area contributed by atoms with E-state index in [0.717, 1.165) is 19.6 Å². The number of furan rings is 1. The first-order chi connectivity index (χ1) is 14.7. The normalized spacial score (nSPS) is 14.3. The van der Waals surface area contributed by atoms with Gasteiger partial charge in [0.1, 0.15) is 24.2 Å². The highest BCUT2D eigenvalue weighted by molar-refractivity contribution is 5.91. The Morgan fingerprint density at radius 3 is 2.70 bits per heavy atom. The van der Waals surface area contributed by atoms with Crippen LogP contribution >= 0.6 is 0 Å². The number of ether oxygens (including phenoxy) is 1. The molecular formula is C23H22N4O3. The van der Waals surface area contributed by atoms with Crippen LogP contribution in [-0.2, 0) is 13.2 Å². The van der Waals surface area contributed by atoms with Gasteiger partial charge in [0, 0.05) is 45.1 Å². The van der Waals surface area contributed by atoms with Crippen LogP contribution in [0.2, 0.25) is 0 Å². The van der Waals surface area contributed by atoms with Gasteiger partial charge in [0.05, 0.1) is 5.56 Å². The van der Waals surface area contributed by atoms with Gasteiger partial charge in [0.15, 0.2) is 5.76 Å². The summed E-state index contributed by atoms with van der Waals surface area (Å²) in [4.78, 5) is 21.1. The van der Waals surface area contributed by atoms with Crippen LogP contribution in [0.15, 0.2) is 65.3 Å². The Labute approximate surface area is 175 Å². The van der Waals surface area contributed by atoms with Gasteiger partial charge >= 0.3 is 0 Å². The van der Waals surface area contributed by atoms with E-state index in [1.165, 1.54) is 5.56 Å². The minimum absolute atomic E-state index is 0.111. The Hall–Kier alpha value is -3.63. The topological polar surface area (TPSA) is 82.6 Å². The van der Waals surface area contributed by atoms with Gasteiger partial charge in [-0.25, -0.2) is 0 Å². The van der Waals surface area contributed by atoms with E-state index in [1.54, 1.807) is 42.6 Å². The summed E-state index contributed by atoms with van der Waals surface area (Å²) in [5.74, 6) is 1.23. The van der Waals surface area contributed by atoms with Crippen LogP contribution in [0.4, 0.5) is 0 Å². The summed E-state index contributed by atoms with van der Waals surface area (Å²) in [6, 6.07) is 16.5. The highest BCUT2D eigenvalue weighted by Gasteiger charge is 2.24. The Kier molecular flexibility index (Phi) is 6.06. The predicted octanol–water partition coefficient (Wildman–Crippen LogP) is 3.08. The third-order valence-corrected chi connectivity index (χ3v) is 5.04. The van der Waals surface area contributed by atoms with Gasteiger partial charge < -0.3 is 14.1 Å². The number of para-hydroxylation sites is 1. The van der Waals surface area contributed by atoms with Crippen molar-refractivity contribution in [1.82, 2.24) is 14.8 Å². The largest absolute Gasteiger partial charge is 0.484 e. The first kappa shape index (κ1) is 19.7. The van der Waals surface area contributed by atoms with Crippen molar-refractivity contribution in [3.8, 4) is 11.8 Å². The number of benzene rings is 1. The van der Waals surface area contributed by atoms with E-state index in [9.17, 15) is 4.79 Å². The average molecular weight is 402 g/mol. The molecule has 0 spiro atoms. The number of aromatic nitrogens is 1. The van der Waals surface area contributed by atoms with Crippen LogP contribution < -0.4 is 4.74 Å². The van der Waals surface area contributed by atoms with Gasteiger partial charge in [0.25, 0.3) is 5.91 Å². The fourth-order valence-electron chi connectivity index (χ4n) is 3.42. The van der Waals surface area contributed by atoms with Crippen LogP contribution in [-0.4, -0.2) is 46.9 Å². The van der Waals surface area contributed by atoms with E-state index in [0.29, 0.717) is 35.9 Å². The zero-order chi connectivity index (χ0) is 20.8. The molecule has 1 saturated heterocycles. The zero-order valence-electron chi connectivity index (χ0n) is 16.5. The Bertz CT molecular complexity index is 1030. The molecule has 0 radical (unpaired) electrons. The van der Waals surface area contributed by atoms with Gasteiger partial charge in [-0.3, -0.25) is 14.7 Å². The predicted molar refractivity (Wildman–Crippen MR) is 110 cm³/mol. The maximum Gasteiger partial charge on any atom is 0.289 e. The number of hydrogen-bond donors (Lipinski definition) is 0. The van der Waals surface area contributed by atoms with Crippen molar-refractivity contribution >= 4 is 5.91 Å². The van der Waals surface area contributed by atoms with Crippen LogP contribution in [0, 0.1) is 11.3 Å². The van der Waals surface area contributed by atoms with Crippen molar-refractivity contribution in [2.24, 2.45) is 0 Å². The lowest BCUT2D eigenvalue weighted by Gasteiger charge is -2.34. The molecule has 1 aliphatic rings. The molecular weight excluding hydrogens is 380 g/mol. The SMILES string of the molecule is N#Cc1ccccc1OCc1ccc(C(=O)N2CCN(Cc3cccnc3)CC2)o1. The molecule has 30 heavy (non-hydrogen) atoms. The monoisotopic (exact) mass is 402 g/mol. The van der Waals surface area contributed by atoms with E-state index >= 15 is 0 Å². The number of pyridine rings is 1. The molecule has 0 N–H and O–H groups in total. The van der Waals surface area contributed by atoms with Crippen molar-refractivity contribution in [1.29, 1.82) is 5.26 Å². The summed E-state index contributed by atoms with van der Waals surface area (Å²) in [5, 5.41) is 9.13. The van der Waals surface area contributed by atoms with Gasteiger partial charge in [-0.15, -0.1) is 0 Å². The van der Waals surface area contributed by atoms with E-state index in [1.807, 2.05) is 17.2 Å². The molecule has 0 saturated carbocycles. The lowest BCUT2D eigenvalue weighted by Crippen LogP contribution is -2.48. The van der Waals surface area contributed by atoms with E-state index < -0.39 is 0 Å². The van der Waals surface area contributed by atoms with Crippen LogP contribution in [0.3, 0.4) is 0 Å². The maximum atomic E-state index is 12.8. The first-order valence-corrected chi connectivity index (χ1v) is 9.84. The van der Waals surface area contributed by atoms with Gasteiger partial charge in [-0.1, -0.05) is 18.2 Å². The summed E-state index contributed by atoms with van der Waals surface area (Å²) >= 11 is 0. The van der Waals surface area contributed by atoms with Crippen molar-refractivity contribution in [2.75, 3.05) is 26.2 Å². The molecule has 0 atom stereocenters. The summed E-state index contributed by atoms with van der Waals surface area (Å²) in [6.07, 6.45) is 3.64. The Morgan fingerprint density at radius 2 is 1.93 bits per heavy atom. The Morgan fingerprint density at radius 1 is 1.10 bits per heavy atom. The second-order valence-corrected chi connectivity index (χ2v) is 7.09. The average Bonchev–Trinajstić information content (AvgIpc) is 3.28. The third-order valence-electron chi connectivity index (χ3n) is 5.04. The molecule has 1 fully saturated rings. The van der Waals surface area contributed by atoms with Crippen LogP contribution in [0.25, 0.3) is 0 Å². The standard InChI is InChI=1S/C23H22N4O3/c24-14-19-5-1-2-6-21(19)29-17-20-7-8-22(30-20)23(28)27-12-10-26(11-13-27)16-18-4-3-9-25-15-18/h1-9,15H,10-13,16-17H2. The number of amides is 1. The summed E-state index contributed by atoms with van der Waals surface area (Å²) < 4.78 is 11.4. The van der Waals surface area contributed by atoms with E-state index in [4.69, 9.17) is 14.4 Å². The molecule has 0 bridgehead atoms. The fraction of sp³-hybridized carbons (Fsp3) is 0.261. The van der Waals surface area contributed by atoms with Gasteiger partial charge in [0.2, 0.25) is 0 Å². The fourth-order valence-corrected chi connectivity index (χ4v) is 3.42. The smallest absolute Gasteiger partial charge is 0.289 e. The molecule has 0 unspecified atom stereocenters. The number of nitrogens with zero attached hydrogens (tertiary/aromatic N) is 4. The molecule has 7 heteroatoms. The molecule has 0 aliphatic carbocycles. The van der Waals surface area contributed by atoms with Crippen molar-refractivity contribution in [2.45, 2.75) is 13.2 Å². The minimum atomic E-state index is -0.111. The van der Waals surface area contributed by atoms with Gasteiger partial charge in [-0.2, -0.15) is 5.26 Å². The van der Waals surface area contributed by atoms with E-state index in [-0.39, 0.29) is 12.5 Å². The molecule has 4 rings (SSSR count). The quantitative estimate of drug-likeness (QED) is 0.630. The summed E-state index contributed by atoms with van der Waals surface area (Å²) in [6.45, 7) is 3.92. The highest BCUT2D eigenvalue weighted by atomic mass is 16.5. The number of hydrogen-bond acceptors (Lipinski definition) is 6. The molecule has 7 nitrogen and oxygen atoms in total. The first-order valence-electron chi connectivity index (χ1n) is 9.84. The van der Waals surface area contributed by atoms with Gasteiger partial charge in [-0.05, 0) is 35.9 Å². The van der Waals surface area contributed by atoms with Crippen LogP contribution in [0.1, 0.15) is 27.4 Å². The molecule has 152 valence electrons. The Balaban J connectivity index is 1.30.